The van der Waals surface area contributed by atoms with E-state index in [9.17, 15) is 4.79 Å². The Balaban J connectivity index is 1.64. The monoisotopic (exact) mass is 391 g/mol. The summed E-state index contributed by atoms with van der Waals surface area (Å²) in [7, 11) is 0. The van der Waals surface area contributed by atoms with Crippen LogP contribution in [0, 0.1) is 0 Å². The summed E-state index contributed by atoms with van der Waals surface area (Å²) >= 11 is 5.79. The van der Waals surface area contributed by atoms with Crippen LogP contribution in [-0.2, 0) is 13.0 Å². The maximum absolute atomic E-state index is 12.6. The molecule has 3 N–H and O–H groups in total. The number of rotatable bonds is 5. The lowest BCUT2D eigenvalue weighted by molar-refractivity contribution is 0.187. The molecular formula is C17H22ClN7O2. The summed E-state index contributed by atoms with van der Waals surface area (Å²) in [4.78, 5) is 31.3. The first-order valence-corrected chi connectivity index (χ1v) is 9.09. The predicted molar refractivity (Wildman–Crippen MR) is 100 cm³/mol. The number of aromatic nitrogens is 4. The Morgan fingerprint density at radius 2 is 2.04 bits per heavy atom. The van der Waals surface area contributed by atoms with Crippen LogP contribution in [0.2, 0.25) is 5.02 Å². The Morgan fingerprint density at radius 3 is 2.74 bits per heavy atom. The molecule has 1 aliphatic rings. The van der Waals surface area contributed by atoms with Crippen LogP contribution in [0.5, 0.6) is 0 Å². The van der Waals surface area contributed by atoms with E-state index in [1.165, 1.54) is 12.4 Å². The number of carbonyl (C=O) groups excluding carboxylic acids is 1. The third kappa shape index (κ3) is 4.81. The number of amides is 2. The van der Waals surface area contributed by atoms with E-state index in [0.29, 0.717) is 36.3 Å². The van der Waals surface area contributed by atoms with Crippen molar-refractivity contribution >= 4 is 23.6 Å². The third-order valence-corrected chi connectivity index (χ3v) is 4.45. The highest BCUT2D eigenvalue weighted by Crippen LogP contribution is 2.19. The van der Waals surface area contributed by atoms with Gasteiger partial charge >= 0.3 is 6.03 Å². The maximum atomic E-state index is 12.6. The van der Waals surface area contributed by atoms with Gasteiger partial charge in [0.25, 0.3) is 0 Å². The summed E-state index contributed by atoms with van der Waals surface area (Å²) in [5.74, 6) is 0.942. The van der Waals surface area contributed by atoms with Gasteiger partial charge in [0.2, 0.25) is 5.95 Å². The minimum absolute atomic E-state index is 0.0143. The zero-order valence-electron chi connectivity index (χ0n) is 15.2. The van der Waals surface area contributed by atoms with Crippen molar-refractivity contribution in [3.63, 3.8) is 0 Å². The van der Waals surface area contributed by atoms with Crippen LogP contribution >= 0.6 is 11.6 Å². The molecule has 0 fully saturated rings. The molecule has 144 valence electrons. The molecule has 2 amide bonds. The van der Waals surface area contributed by atoms with Crippen molar-refractivity contribution in [3.8, 4) is 0 Å². The van der Waals surface area contributed by atoms with Crippen molar-refractivity contribution in [2.45, 2.75) is 38.9 Å². The van der Waals surface area contributed by atoms with E-state index in [0.717, 1.165) is 11.3 Å². The number of urea groups is 1. The smallest absolute Gasteiger partial charge is 0.318 e. The van der Waals surface area contributed by atoms with Crippen LogP contribution in [0.15, 0.2) is 18.6 Å². The Morgan fingerprint density at radius 1 is 1.30 bits per heavy atom. The first-order chi connectivity index (χ1) is 13.0. The summed E-state index contributed by atoms with van der Waals surface area (Å²) in [5, 5.41) is 15.5. The second-order valence-corrected chi connectivity index (χ2v) is 6.93. The van der Waals surface area contributed by atoms with E-state index in [-0.39, 0.29) is 24.7 Å². The molecule has 0 spiro atoms. The Bertz CT molecular complexity index is 802. The molecule has 2 aromatic rings. The maximum Gasteiger partial charge on any atom is 0.318 e. The SMILES string of the molecule is CC(NC(=O)N1CCc2cnc(N[C@@H](C)CO)nc2C1)c1ncc(Cl)cn1. The van der Waals surface area contributed by atoms with Gasteiger partial charge in [0.15, 0.2) is 0 Å². The lowest BCUT2D eigenvalue weighted by Gasteiger charge is -2.29. The van der Waals surface area contributed by atoms with E-state index < -0.39 is 0 Å². The fourth-order valence-electron chi connectivity index (χ4n) is 2.70. The predicted octanol–water partition coefficient (Wildman–Crippen LogP) is 1.54. The van der Waals surface area contributed by atoms with Crippen LogP contribution in [0.25, 0.3) is 0 Å². The molecule has 1 unspecified atom stereocenters. The highest BCUT2D eigenvalue weighted by Gasteiger charge is 2.24. The fraction of sp³-hybridized carbons (Fsp3) is 0.471. The topological polar surface area (TPSA) is 116 Å². The first kappa shape index (κ1) is 19.2. The van der Waals surface area contributed by atoms with Crippen molar-refractivity contribution in [2.75, 3.05) is 18.5 Å². The minimum atomic E-state index is -0.343. The average molecular weight is 392 g/mol. The third-order valence-electron chi connectivity index (χ3n) is 4.25. The molecule has 27 heavy (non-hydrogen) atoms. The van der Waals surface area contributed by atoms with Gasteiger partial charge in [0.05, 0.1) is 29.9 Å². The van der Waals surface area contributed by atoms with Crippen LogP contribution < -0.4 is 10.6 Å². The largest absolute Gasteiger partial charge is 0.394 e. The number of nitrogens with one attached hydrogen (secondary N) is 2. The van der Waals surface area contributed by atoms with Crippen LogP contribution in [0.3, 0.4) is 0 Å². The van der Waals surface area contributed by atoms with Gasteiger partial charge in [-0.2, -0.15) is 0 Å². The number of hydrogen-bond donors (Lipinski definition) is 3. The second kappa shape index (κ2) is 8.45. The number of aliphatic hydroxyl groups excluding tert-OH is 1. The lowest BCUT2D eigenvalue weighted by Crippen LogP contribution is -2.44. The van der Waals surface area contributed by atoms with Crippen molar-refractivity contribution < 1.29 is 9.90 Å². The summed E-state index contributed by atoms with van der Waals surface area (Å²) in [6.45, 7) is 4.61. The number of carbonyl (C=O) groups is 1. The van der Waals surface area contributed by atoms with Crippen molar-refractivity contribution in [1.82, 2.24) is 30.2 Å². The lowest BCUT2D eigenvalue weighted by atomic mass is 10.1. The molecule has 3 rings (SSSR count). The van der Waals surface area contributed by atoms with E-state index >= 15 is 0 Å². The molecule has 0 bridgehead atoms. The number of aliphatic hydroxyl groups is 1. The summed E-state index contributed by atoms with van der Waals surface area (Å²) in [6, 6.07) is -0.695. The van der Waals surface area contributed by atoms with Crippen LogP contribution in [-0.4, -0.2) is 55.2 Å². The van der Waals surface area contributed by atoms with E-state index in [2.05, 4.69) is 30.6 Å². The molecule has 2 atom stereocenters. The molecule has 0 saturated carbocycles. The Labute approximate surface area is 162 Å². The molecule has 0 saturated heterocycles. The Hall–Kier alpha value is -2.52. The minimum Gasteiger partial charge on any atom is -0.394 e. The standard InChI is InChI=1S/C17H22ClN7O2/c1-10(9-26)22-16-21-5-12-3-4-25(8-14(12)24-16)17(27)23-11(2)15-19-6-13(18)7-20-15/h5-7,10-11,26H,3-4,8-9H2,1-2H3,(H,23,27)(H,21,22,24)/t10-,11?/m0/s1. The molecule has 0 aliphatic carbocycles. The molecule has 1 aliphatic heterocycles. The number of nitrogens with zero attached hydrogens (tertiary/aromatic N) is 5. The highest BCUT2D eigenvalue weighted by atomic mass is 35.5. The zero-order chi connectivity index (χ0) is 19.4. The van der Waals surface area contributed by atoms with Crippen molar-refractivity contribution in [3.05, 3.63) is 40.7 Å². The molecule has 9 nitrogen and oxygen atoms in total. The number of fused-ring (bicyclic) bond motifs is 1. The fourth-order valence-corrected chi connectivity index (χ4v) is 2.80. The van der Waals surface area contributed by atoms with Gasteiger partial charge in [-0.25, -0.2) is 24.7 Å². The Kier molecular flexibility index (Phi) is 6.02. The quantitative estimate of drug-likeness (QED) is 0.707. The van der Waals surface area contributed by atoms with Gasteiger partial charge < -0.3 is 20.6 Å². The zero-order valence-corrected chi connectivity index (χ0v) is 15.9. The number of anilines is 1. The second-order valence-electron chi connectivity index (χ2n) is 6.50. The van der Waals surface area contributed by atoms with Crippen LogP contribution in [0.4, 0.5) is 10.7 Å². The van der Waals surface area contributed by atoms with Crippen molar-refractivity contribution in [2.24, 2.45) is 0 Å². The average Bonchev–Trinajstić information content (AvgIpc) is 2.67. The summed E-state index contributed by atoms with van der Waals surface area (Å²) in [6.07, 6.45) is 5.46. The number of halogens is 1. The summed E-state index contributed by atoms with van der Waals surface area (Å²) in [5.41, 5.74) is 1.82. The van der Waals surface area contributed by atoms with E-state index in [1.54, 1.807) is 11.1 Å². The van der Waals surface area contributed by atoms with Gasteiger partial charge in [-0.3, -0.25) is 0 Å². The van der Waals surface area contributed by atoms with Gasteiger partial charge in [-0.15, -0.1) is 0 Å². The first-order valence-electron chi connectivity index (χ1n) is 8.71. The normalized spacial score (nSPS) is 15.6. The van der Waals surface area contributed by atoms with Gasteiger partial charge in [-0.1, -0.05) is 11.6 Å². The van der Waals surface area contributed by atoms with Gasteiger partial charge in [0, 0.05) is 31.2 Å². The number of hydrogen-bond acceptors (Lipinski definition) is 7. The molecule has 0 radical (unpaired) electrons. The van der Waals surface area contributed by atoms with Crippen LogP contribution in [0.1, 0.15) is 37.0 Å². The molecule has 10 heteroatoms. The van der Waals surface area contributed by atoms with E-state index in [4.69, 9.17) is 16.7 Å². The van der Waals surface area contributed by atoms with Gasteiger partial charge in [0.1, 0.15) is 5.82 Å². The molecule has 0 aromatic carbocycles. The summed E-state index contributed by atoms with van der Waals surface area (Å²) < 4.78 is 0. The van der Waals surface area contributed by atoms with Crippen molar-refractivity contribution in [1.29, 1.82) is 0 Å². The van der Waals surface area contributed by atoms with E-state index in [1.807, 2.05) is 13.8 Å². The van der Waals surface area contributed by atoms with Gasteiger partial charge in [-0.05, 0) is 25.8 Å². The highest BCUT2D eigenvalue weighted by molar-refractivity contribution is 6.30. The molecule has 2 aromatic heterocycles. The molecular weight excluding hydrogens is 370 g/mol. The molecule has 3 heterocycles.